The Morgan fingerprint density at radius 2 is 1.80 bits per heavy atom. The van der Waals surface area contributed by atoms with Gasteiger partial charge < -0.3 is 16.5 Å². The van der Waals surface area contributed by atoms with Crippen LogP contribution in [0, 0.1) is 0 Å². The molecule has 5 N–H and O–H groups in total. The lowest BCUT2D eigenvalue weighted by atomic mass is 10.1. The minimum absolute atomic E-state index is 0.576. The average Bonchev–Trinajstić information content (AvgIpc) is 3.03. The number of anilines is 2. The highest BCUT2D eigenvalue weighted by molar-refractivity contribution is 5.85. The molecule has 4 rings (SSSR count). The number of aromatic amines is 1. The lowest BCUT2D eigenvalue weighted by Gasteiger charge is -2.03. The number of nitrogens with zero attached hydrogens (tertiary/aromatic N) is 5. The Morgan fingerprint density at radius 1 is 1.00 bits per heavy atom. The number of hydrogen-bond donors (Lipinski definition) is 3. The summed E-state index contributed by atoms with van der Waals surface area (Å²) in [5.41, 5.74) is 15.6. The number of hydrogen-bond acceptors (Lipinski definition) is 6. The summed E-state index contributed by atoms with van der Waals surface area (Å²) in [6.07, 6.45) is 3.21. The Kier molecular flexibility index (Phi) is 1.97. The first-order valence-corrected chi connectivity index (χ1v) is 5.91. The van der Waals surface area contributed by atoms with Crippen LogP contribution in [-0.4, -0.2) is 29.5 Å². The molecule has 0 fully saturated rings. The van der Waals surface area contributed by atoms with Crippen molar-refractivity contribution in [1.82, 2.24) is 29.5 Å². The molecular weight excluding hydrogens is 256 g/mol. The van der Waals surface area contributed by atoms with Gasteiger partial charge in [-0.1, -0.05) is 0 Å². The van der Waals surface area contributed by atoms with Crippen LogP contribution in [0.15, 0.2) is 30.9 Å². The van der Waals surface area contributed by atoms with Crippen molar-refractivity contribution in [3.63, 3.8) is 0 Å². The maximum Gasteiger partial charge on any atom is 0.190 e. The van der Waals surface area contributed by atoms with E-state index in [0.29, 0.717) is 28.5 Å². The van der Waals surface area contributed by atoms with Gasteiger partial charge in [-0.05, 0) is 18.2 Å². The third-order valence-electron chi connectivity index (χ3n) is 3.07. The fraction of sp³-hybridized carbons (Fsp3) is 0. The summed E-state index contributed by atoms with van der Waals surface area (Å²) in [6.45, 7) is 0. The van der Waals surface area contributed by atoms with E-state index in [4.69, 9.17) is 11.5 Å². The van der Waals surface area contributed by atoms with Gasteiger partial charge in [-0.25, -0.2) is 9.97 Å². The van der Waals surface area contributed by atoms with Gasteiger partial charge in [0, 0.05) is 16.9 Å². The van der Waals surface area contributed by atoms with Crippen LogP contribution in [-0.2, 0) is 0 Å². The molecule has 0 spiro atoms. The number of fused-ring (bicyclic) bond motifs is 3. The monoisotopic (exact) mass is 266 g/mol. The number of nitrogens with one attached hydrogen (secondary N) is 1. The molecule has 3 aromatic heterocycles. The van der Waals surface area contributed by atoms with E-state index in [9.17, 15) is 0 Å². The predicted octanol–water partition coefficient (Wildman–Crippen LogP) is 0.832. The molecule has 0 amide bonds. The first-order chi connectivity index (χ1) is 9.72. The topological polar surface area (TPSA) is 124 Å². The van der Waals surface area contributed by atoms with Crippen LogP contribution in [0.25, 0.3) is 28.2 Å². The van der Waals surface area contributed by atoms with Crippen molar-refractivity contribution in [2.45, 2.75) is 0 Å². The number of aromatic nitrogens is 6. The van der Waals surface area contributed by atoms with Gasteiger partial charge in [-0.15, -0.1) is 10.2 Å². The van der Waals surface area contributed by atoms with Gasteiger partial charge in [-0.3, -0.25) is 4.40 Å². The zero-order chi connectivity index (χ0) is 13.7. The summed E-state index contributed by atoms with van der Waals surface area (Å²) in [6, 6.07) is 5.28. The smallest absolute Gasteiger partial charge is 0.190 e. The largest absolute Gasteiger partial charge is 0.399 e. The van der Waals surface area contributed by atoms with Crippen molar-refractivity contribution in [2.24, 2.45) is 0 Å². The van der Waals surface area contributed by atoms with E-state index in [1.165, 1.54) is 0 Å². The lowest BCUT2D eigenvalue weighted by Crippen LogP contribution is -1.95. The van der Waals surface area contributed by atoms with E-state index in [-0.39, 0.29) is 0 Å². The number of nitrogens with two attached hydrogens (primary N) is 2. The van der Waals surface area contributed by atoms with Crippen LogP contribution in [0.4, 0.5) is 11.4 Å². The molecule has 98 valence electrons. The molecule has 0 aliphatic carbocycles. The molecule has 8 heteroatoms. The summed E-state index contributed by atoms with van der Waals surface area (Å²) in [7, 11) is 0. The summed E-state index contributed by atoms with van der Waals surface area (Å²) in [4.78, 5) is 11.3. The van der Waals surface area contributed by atoms with Gasteiger partial charge in [0.1, 0.15) is 11.8 Å². The standard InChI is InChI=1S/C12H10N8/c13-7-1-6(2-8(14)3-7)11-18-19-12-9-10(16-4-15-9)17-5-20(11)12/h1-5H,13-14H2,(H,15,16). The van der Waals surface area contributed by atoms with E-state index < -0.39 is 0 Å². The summed E-state index contributed by atoms with van der Waals surface area (Å²) >= 11 is 0. The molecule has 0 saturated heterocycles. The van der Waals surface area contributed by atoms with Crippen LogP contribution in [0.5, 0.6) is 0 Å². The number of imidazole rings is 1. The van der Waals surface area contributed by atoms with Gasteiger partial charge in [0.2, 0.25) is 0 Å². The Morgan fingerprint density at radius 3 is 2.60 bits per heavy atom. The van der Waals surface area contributed by atoms with Crippen LogP contribution in [0.1, 0.15) is 0 Å². The van der Waals surface area contributed by atoms with Crippen LogP contribution in [0.2, 0.25) is 0 Å². The number of rotatable bonds is 1. The minimum Gasteiger partial charge on any atom is -0.399 e. The molecule has 0 saturated carbocycles. The average molecular weight is 266 g/mol. The van der Waals surface area contributed by atoms with Crippen molar-refractivity contribution in [3.8, 4) is 11.4 Å². The van der Waals surface area contributed by atoms with E-state index in [1.807, 2.05) is 0 Å². The highest BCUT2D eigenvalue weighted by Crippen LogP contribution is 2.25. The highest BCUT2D eigenvalue weighted by Gasteiger charge is 2.13. The van der Waals surface area contributed by atoms with Crippen molar-refractivity contribution in [2.75, 3.05) is 11.5 Å². The zero-order valence-corrected chi connectivity index (χ0v) is 10.3. The van der Waals surface area contributed by atoms with E-state index >= 15 is 0 Å². The van der Waals surface area contributed by atoms with Crippen molar-refractivity contribution in [1.29, 1.82) is 0 Å². The fourth-order valence-electron chi connectivity index (χ4n) is 2.24. The molecule has 1 aromatic carbocycles. The molecule has 0 unspecified atom stereocenters. The second-order valence-electron chi connectivity index (χ2n) is 4.45. The van der Waals surface area contributed by atoms with Gasteiger partial charge in [-0.2, -0.15) is 0 Å². The SMILES string of the molecule is Nc1cc(N)cc(-c2nnc3c4[nH]cnc4ncn23)c1. The molecule has 8 nitrogen and oxygen atoms in total. The van der Waals surface area contributed by atoms with Gasteiger partial charge in [0.25, 0.3) is 0 Å². The zero-order valence-electron chi connectivity index (χ0n) is 10.3. The maximum absolute atomic E-state index is 5.81. The molecular formula is C12H10N8. The second-order valence-corrected chi connectivity index (χ2v) is 4.45. The lowest BCUT2D eigenvalue weighted by molar-refractivity contribution is 1.09. The molecule has 0 radical (unpaired) electrons. The van der Waals surface area contributed by atoms with E-state index in [0.717, 1.165) is 11.1 Å². The predicted molar refractivity (Wildman–Crippen MR) is 74.7 cm³/mol. The van der Waals surface area contributed by atoms with Crippen molar-refractivity contribution < 1.29 is 0 Å². The molecule has 20 heavy (non-hydrogen) atoms. The highest BCUT2D eigenvalue weighted by atomic mass is 15.3. The van der Waals surface area contributed by atoms with Gasteiger partial charge in [0.05, 0.1) is 6.33 Å². The minimum atomic E-state index is 0.576. The van der Waals surface area contributed by atoms with Gasteiger partial charge >= 0.3 is 0 Å². The third kappa shape index (κ3) is 1.41. The summed E-state index contributed by atoms with van der Waals surface area (Å²) < 4.78 is 1.77. The Hall–Kier alpha value is -3.16. The maximum atomic E-state index is 5.81. The van der Waals surface area contributed by atoms with E-state index in [1.54, 1.807) is 35.3 Å². The normalized spacial score (nSPS) is 11.4. The number of H-pyrrole nitrogens is 1. The van der Waals surface area contributed by atoms with Crippen molar-refractivity contribution in [3.05, 3.63) is 30.9 Å². The summed E-state index contributed by atoms with van der Waals surface area (Å²) in [5.74, 6) is 0.628. The molecule has 0 aliphatic rings. The Labute approximate surface area is 112 Å². The molecule has 4 aromatic rings. The third-order valence-corrected chi connectivity index (χ3v) is 3.07. The second kappa shape index (κ2) is 3.67. The summed E-state index contributed by atoms with van der Waals surface area (Å²) in [5, 5.41) is 8.37. The van der Waals surface area contributed by atoms with E-state index in [2.05, 4.69) is 25.1 Å². The molecule has 3 heterocycles. The van der Waals surface area contributed by atoms with Crippen LogP contribution >= 0.6 is 0 Å². The first-order valence-electron chi connectivity index (χ1n) is 5.91. The quantitative estimate of drug-likeness (QED) is 0.438. The molecule has 0 aliphatic heterocycles. The van der Waals surface area contributed by atoms with Crippen LogP contribution in [0.3, 0.4) is 0 Å². The molecule has 0 atom stereocenters. The van der Waals surface area contributed by atoms with Crippen LogP contribution < -0.4 is 11.5 Å². The van der Waals surface area contributed by atoms with Gasteiger partial charge in [0.15, 0.2) is 17.1 Å². The Balaban J connectivity index is 2.04. The van der Waals surface area contributed by atoms with Crippen molar-refractivity contribution >= 4 is 28.2 Å². The molecule has 0 bridgehead atoms. The first kappa shape index (κ1) is 10.7. The Bertz CT molecular complexity index is 915. The number of benzene rings is 1. The fourth-order valence-corrected chi connectivity index (χ4v) is 2.24. The number of nitrogen functional groups attached to an aromatic ring is 2.